The average Bonchev–Trinajstić information content (AvgIpc) is 2.94. The first-order valence-corrected chi connectivity index (χ1v) is 20.9. The number of unbranched alkanes of at least 4 members (excludes halogenated alkanes) is 15. The highest BCUT2D eigenvalue weighted by Gasteiger charge is 2.30. The Kier molecular flexibility index (Phi) is 23.9. The zero-order valence-corrected chi connectivity index (χ0v) is 28.6. The van der Waals surface area contributed by atoms with Crippen LogP contribution in [0.3, 0.4) is 0 Å². The largest absolute Gasteiger partial charge is 0.416 e. The van der Waals surface area contributed by atoms with E-state index in [9.17, 15) is 0 Å². The van der Waals surface area contributed by atoms with Gasteiger partial charge in [0.2, 0.25) is 0 Å². The summed E-state index contributed by atoms with van der Waals surface area (Å²) in [5.41, 5.74) is 2.09. The van der Waals surface area contributed by atoms with Crippen LogP contribution in [0.15, 0.2) is 30.3 Å². The van der Waals surface area contributed by atoms with Gasteiger partial charge in [0.25, 0.3) is 0 Å². The van der Waals surface area contributed by atoms with E-state index in [0.29, 0.717) is 10.8 Å². The molecule has 4 heteroatoms. The molecule has 0 amide bonds. The minimum Gasteiger partial charge on any atom is -0.416 e. The molecule has 0 aliphatic carbocycles. The summed E-state index contributed by atoms with van der Waals surface area (Å²) in [5.74, 6) is 1.03. The summed E-state index contributed by atoms with van der Waals surface area (Å²) in [6.07, 6.45) is 25.1. The van der Waals surface area contributed by atoms with Gasteiger partial charge in [-0.05, 0) is 30.6 Å². The van der Waals surface area contributed by atoms with Gasteiger partial charge in [0.15, 0.2) is 8.32 Å². The van der Waals surface area contributed by atoms with Gasteiger partial charge in [0.1, 0.15) is 0 Å². The number of benzene rings is 1. The van der Waals surface area contributed by atoms with Crippen molar-refractivity contribution < 1.29 is 9.16 Å². The predicted octanol–water partition coefficient (Wildman–Crippen LogP) is 12.0. The van der Waals surface area contributed by atoms with E-state index in [-0.39, 0.29) is 0 Å². The van der Waals surface area contributed by atoms with Gasteiger partial charge in [-0.15, -0.1) is 11.8 Å². The number of thioether (sulfide) groups is 1. The molecule has 0 heterocycles. The van der Waals surface area contributed by atoms with Gasteiger partial charge < -0.3 is 9.16 Å². The standard InChI is InChI=1S/C35H66O2SSi/c1-6-8-9-10-11-12-13-14-15-16-17-18-19-20-21-25-29-36-30-35(38-32-34-27-23-22-24-28-34)31-37-39(4,5)33(3)26-7-2/h22-24,27-28,33,35H,6-21,25-26,29-32H2,1-5H3/t33-,35-/m1/s1. The fourth-order valence-corrected chi connectivity index (χ4v) is 8.13. The lowest BCUT2D eigenvalue weighted by atomic mass is 10.0. The van der Waals surface area contributed by atoms with Crippen molar-refractivity contribution in [2.75, 3.05) is 19.8 Å². The minimum absolute atomic E-state index is 0.409. The Morgan fingerprint density at radius 1 is 0.667 bits per heavy atom. The van der Waals surface area contributed by atoms with Crippen molar-refractivity contribution in [3.8, 4) is 0 Å². The average molecular weight is 579 g/mol. The second kappa shape index (κ2) is 25.4. The van der Waals surface area contributed by atoms with Gasteiger partial charge in [-0.2, -0.15) is 0 Å². The second-order valence-electron chi connectivity index (χ2n) is 12.4. The van der Waals surface area contributed by atoms with Crippen LogP contribution in [0.5, 0.6) is 0 Å². The molecule has 1 aromatic carbocycles. The maximum Gasteiger partial charge on any atom is 0.189 e. The molecule has 228 valence electrons. The molecule has 39 heavy (non-hydrogen) atoms. The third-order valence-electron chi connectivity index (χ3n) is 8.32. The molecule has 0 spiro atoms. The van der Waals surface area contributed by atoms with Crippen LogP contribution in [0.2, 0.25) is 18.6 Å². The molecule has 0 N–H and O–H groups in total. The number of ether oxygens (including phenoxy) is 1. The van der Waals surface area contributed by atoms with Crippen molar-refractivity contribution in [3.63, 3.8) is 0 Å². The van der Waals surface area contributed by atoms with Crippen molar-refractivity contribution in [1.82, 2.24) is 0 Å². The topological polar surface area (TPSA) is 18.5 Å². The minimum atomic E-state index is -1.66. The van der Waals surface area contributed by atoms with E-state index in [4.69, 9.17) is 9.16 Å². The van der Waals surface area contributed by atoms with E-state index in [2.05, 4.69) is 64.2 Å². The molecule has 2 atom stereocenters. The molecule has 0 fully saturated rings. The fourth-order valence-electron chi connectivity index (χ4n) is 5.13. The Balaban J connectivity index is 2.10. The first-order chi connectivity index (χ1) is 19.0. The van der Waals surface area contributed by atoms with Crippen LogP contribution in [0, 0.1) is 0 Å². The Hall–Kier alpha value is -0.293. The maximum absolute atomic E-state index is 6.62. The van der Waals surface area contributed by atoms with Gasteiger partial charge in [0.05, 0.1) is 11.9 Å². The Morgan fingerprint density at radius 2 is 1.18 bits per heavy atom. The van der Waals surface area contributed by atoms with Crippen LogP contribution in [0.25, 0.3) is 0 Å². The quantitative estimate of drug-likeness (QED) is 0.0727. The molecular weight excluding hydrogens is 513 g/mol. The van der Waals surface area contributed by atoms with E-state index in [1.54, 1.807) is 0 Å². The zero-order chi connectivity index (χ0) is 28.4. The zero-order valence-electron chi connectivity index (χ0n) is 26.8. The molecule has 0 bridgehead atoms. The van der Waals surface area contributed by atoms with Gasteiger partial charge >= 0.3 is 0 Å². The molecule has 0 radical (unpaired) electrons. The van der Waals surface area contributed by atoms with Gasteiger partial charge in [-0.3, -0.25) is 0 Å². The molecule has 0 saturated heterocycles. The normalized spacial score (nSPS) is 13.6. The van der Waals surface area contributed by atoms with Crippen LogP contribution >= 0.6 is 11.8 Å². The molecule has 1 aromatic rings. The summed E-state index contributed by atoms with van der Waals surface area (Å²) in [6.45, 7) is 14.3. The second-order valence-corrected chi connectivity index (χ2v) is 18.2. The van der Waals surface area contributed by atoms with E-state index < -0.39 is 8.32 Å². The van der Waals surface area contributed by atoms with E-state index in [1.165, 1.54) is 121 Å². The first-order valence-electron chi connectivity index (χ1n) is 16.9. The molecule has 0 unspecified atom stereocenters. The van der Waals surface area contributed by atoms with Gasteiger partial charge in [-0.1, -0.05) is 160 Å². The summed E-state index contributed by atoms with van der Waals surface area (Å²) < 4.78 is 12.8. The van der Waals surface area contributed by atoms with E-state index in [0.717, 1.165) is 25.6 Å². The highest BCUT2D eigenvalue weighted by Crippen LogP contribution is 2.29. The Bertz CT molecular complexity index is 639. The van der Waals surface area contributed by atoms with Crippen molar-refractivity contribution >= 4 is 20.1 Å². The van der Waals surface area contributed by atoms with Crippen molar-refractivity contribution in [2.45, 2.75) is 166 Å². The van der Waals surface area contributed by atoms with E-state index in [1.807, 2.05) is 11.8 Å². The lowest BCUT2D eigenvalue weighted by Gasteiger charge is -2.31. The van der Waals surface area contributed by atoms with Crippen LogP contribution in [0.1, 0.15) is 142 Å². The molecule has 0 aliphatic rings. The maximum atomic E-state index is 6.62. The summed E-state index contributed by atoms with van der Waals surface area (Å²) in [4.78, 5) is 0. The SMILES string of the molecule is CCCCCCCCCCCCCCCCCCOC[C@H](CO[Si](C)(C)[C@H](C)CCC)SCc1ccccc1. The van der Waals surface area contributed by atoms with Crippen molar-refractivity contribution in [1.29, 1.82) is 0 Å². The molecule has 0 aromatic heterocycles. The van der Waals surface area contributed by atoms with Crippen molar-refractivity contribution in [3.05, 3.63) is 35.9 Å². The summed E-state index contributed by atoms with van der Waals surface area (Å²) in [6, 6.07) is 10.8. The summed E-state index contributed by atoms with van der Waals surface area (Å²) in [7, 11) is -1.66. The molecule has 0 aliphatic heterocycles. The Morgan fingerprint density at radius 3 is 1.69 bits per heavy atom. The smallest absolute Gasteiger partial charge is 0.189 e. The molecular formula is C35H66O2SSi. The van der Waals surface area contributed by atoms with Gasteiger partial charge in [0, 0.05) is 19.0 Å². The van der Waals surface area contributed by atoms with E-state index >= 15 is 0 Å². The highest BCUT2D eigenvalue weighted by atomic mass is 32.2. The molecule has 0 saturated carbocycles. The molecule has 2 nitrogen and oxygen atoms in total. The monoisotopic (exact) mass is 578 g/mol. The fraction of sp³-hybridized carbons (Fsp3) is 0.829. The van der Waals surface area contributed by atoms with Crippen LogP contribution in [-0.2, 0) is 14.9 Å². The van der Waals surface area contributed by atoms with Crippen LogP contribution in [0.4, 0.5) is 0 Å². The first kappa shape index (κ1) is 36.7. The molecule has 1 rings (SSSR count). The Labute approximate surface area is 250 Å². The summed E-state index contributed by atoms with van der Waals surface area (Å²) in [5, 5.41) is 0.409. The number of rotatable bonds is 28. The van der Waals surface area contributed by atoms with Crippen LogP contribution < -0.4 is 0 Å². The number of hydrogen-bond acceptors (Lipinski definition) is 3. The lowest BCUT2D eigenvalue weighted by molar-refractivity contribution is 0.118. The predicted molar refractivity (Wildman–Crippen MR) is 180 cm³/mol. The van der Waals surface area contributed by atoms with Crippen molar-refractivity contribution in [2.24, 2.45) is 0 Å². The lowest BCUT2D eigenvalue weighted by Crippen LogP contribution is -2.38. The van der Waals surface area contributed by atoms with Crippen LogP contribution in [-0.4, -0.2) is 33.4 Å². The van der Waals surface area contributed by atoms with Gasteiger partial charge in [-0.25, -0.2) is 0 Å². The summed E-state index contributed by atoms with van der Waals surface area (Å²) >= 11 is 2.00. The number of hydrogen-bond donors (Lipinski definition) is 0. The highest BCUT2D eigenvalue weighted by molar-refractivity contribution is 7.99. The third-order valence-corrected chi connectivity index (χ3v) is 13.1. The third kappa shape index (κ3) is 21.1.